The number of ether oxygens (including phenoxy) is 1. The Labute approximate surface area is 141 Å². The van der Waals surface area contributed by atoms with E-state index in [0.29, 0.717) is 43.8 Å². The molecule has 0 radical (unpaired) electrons. The maximum Gasteiger partial charge on any atom is 0.260 e. The van der Waals surface area contributed by atoms with E-state index in [2.05, 4.69) is 29.2 Å². The lowest BCUT2D eigenvalue weighted by Crippen LogP contribution is -2.42. The van der Waals surface area contributed by atoms with Gasteiger partial charge in [0.25, 0.3) is 5.91 Å². The number of nitrogens with zero attached hydrogens (tertiary/aromatic N) is 2. The van der Waals surface area contributed by atoms with Crippen molar-refractivity contribution in [1.29, 1.82) is 0 Å². The van der Waals surface area contributed by atoms with Crippen LogP contribution in [0.25, 0.3) is 0 Å². The van der Waals surface area contributed by atoms with Crippen molar-refractivity contribution >= 4 is 5.91 Å². The molecule has 0 bridgehead atoms. The summed E-state index contributed by atoms with van der Waals surface area (Å²) in [5.74, 6) is 0.460. The predicted molar refractivity (Wildman–Crippen MR) is 87.5 cm³/mol. The number of carbonyl (C=O) groups excluding carboxylic acids is 1. The molecule has 4 nitrogen and oxygen atoms in total. The Morgan fingerprint density at radius 2 is 1.83 bits per heavy atom. The highest BCUT2D eigenvalue weighted by atomic mass is 19.1. The Balaban J connectivity index is 1.46. The number of carbonyl (C=O) groups is 1. The fourth-order valence-corrected chi connectivity index (χ4v) is 4.92. The van der Waals surface area contributed by atoms with Gasteiger partial charge in [-0.2, -0.15) is 0 Å². The molecule has 2 aliphatic heterocycles. The Kier molecular flexibility index (Phi) is 3.26. The zero-order valence-corrected chi connectivity index (χ0v) is 13.8. The summed E-state index contributed by atoms with van der Waals surface area (Å²) in [4.78, 5) is 16.8. The molecule has 2 heterocycles. The van der Waals surface area contributed by atoms with E-state index >= 15 is 0 Å². The van der Waals surface area contributed by atoms with Crippen LogP contribution in [0.4, 0.5) is 4.39 Å². The summed E-state index contributed by atoms with van der Waals surface area (Å²) in [6.07, 6.45) is 0.808. The van der Waals surface area contributed by atoms with E-state index in [1.54, 1.807) is 4.90 Å². The lowest BCUT2D eigenvalue weighted by atomic mass is 9.93. The summed E-state index contributed by atoms with van der Waals surface area (Å²) >= 11 is 0. The van der Waals surface area contributed by atoms with Crippen LogP contribution in [0.15, 0.2) is 24.3 Å². The van der Waals surface area contributed by atoms with Crippen molar-refractivity contribution < 1.29 is 13.9 Å². The van der Waals surface area contributed by atoms with Crippen LogP contribution in [0.2, 0.25) is 0 Å². The summed E-state index contributed by atoms with van der Waals surface area (Å²) in [5, 5.41) is 0. The van der Waals surface area contributed by atoms with E-state index in [-0.39, 0.29) is 5.91 Å². The molecule has 3 atom stereocenters. The molecular formula is C19H23FN2O2. The SMILES string of the molecule is O=C(N1C[C@H]2[C@@H](C1)c1ccccc1[C@@H]2N1CCOCC1)C1(F)CC1. The van der Waals surface area contributed by atoms with Gasteiger partial charge in [0, 0.05) is 44.1 Å². The number of alkyl halides is 1. The number of likely N-dealkylation sites (tertiary alicyclic amines) is 1. The highest BCUT2D eigenvalue weighted by Crippen LogP contribution is 2.53. The van der Waals surface area contributed by atoms with Crippen LogP contribution < -0.4 is 0 Å². The fraction of sp³-hybridized carbons (Fsp3) is 0.632. The Morgan fingerprint density at radius 1 is 1.12 bits per heavy atom. The number of morpholine rings is 1. The molecule has 1 amide bonds. The number of hydrogen-bond acceptors (Lipinski definition) is 3. The van der Waals surface area contributed by atoms with E-state index in [4.69, 9.17) is 4.74 Å². The van der Waals surface area contributed by atoms with Crippen molar-refractivity contribution in [1.82, 2.24) is 9.80 Å². The van der Waals surface area contributed by atoms with Gasteiger partial charge >= 0.3 is 0 Å². The second-order valence-corrected chi connectivity index (χ2v) is 7.67. The lowest BCUT2D eigenvalue weighted by molar-refractivity contribution is -0.137. The average Bonchev–Trinajstić information content (AvgIpc) is 3.11. The van der Waals surface area contributed by atoms with Crippen LogP contribution in [0.3, 0.4) is 0 Å². The monoisotopic (exact) mass is 330 g/mol. The lowest BCUT2D eigenvalue weighted by Gasteiger charge is -2.36. The first-order valence-corrected chi connectivity index (χ1v) is 9.06. The van der Waals surface area contributed by atoms with Gasteiger partial charge in [-0.15, -0.1) is 0 Å². The molecule has 4 aliphatic rings. The minimum absolute atomic E-state index is 0.268. The van der Waals surface area contributed by atoms with Crippen LogP contribution >= 0.6 is 0 Å². The zero-order chi connectivity index (χ0) is 16.3. The number of fused-ring (bicyclic) bond motifs is 3. The molecule has 5 rings (SSSR count). The fourth-order valence-electron chi connectivity index (χ4n) is 4.92. The van der Waals surface area contributed by atoms with Crippen LogP contribution in [0.1, 0.15) is 35.9 Å². The molecule has 24 heavy (non-hydrogen) atoms. The quantitative estimate of drug-likeness (QED) is 0.833. The second-order valence-electron chi connectivity index (χ2n) is 7.67. The highest BCUT2D eigenvalue weighted by molar-refractivity contribution is 5.88. The number of rotatable bonds is 2. The van der Waals surface area contributed by atoms with Crippen molar-refractivity contribution in [2.45, 2.75) is 30.5 Å². The van der Waals surface area contributed by atoms with Crippen molar-refractivity contribution in [2.24, 2.45) is 5.92 Å². The molecule has 2 saturated heterocycles. The van der Waals surface area contributed by atoms with Gasteiger partial charge in [0.1, 0.15) is 0 Å². The van der Waals surface area contributed by atoms with Gasteiger partial charge in [0.15, 0.2) is 5.67 Å². The smallest absolute Gasteiger partial charge is 0.260 e. The Morgan fingerprint density at radius 3 is 2.54 bits per heavy atom. The molecule has 0 unspecified atom stereocenters. The first-order chi connectivity index (χ1) is 11.7. The summed E-state index contributed by atoms with van der Waals surface area (Å²) in [6.45, 7) is 4.77. The maximum absolute atomic E-state index is 14.3. The zero-order valence-electron chi connectivity index (χ0n) is 13.8. The van der Waals surface area contributed by atoms with Gasteiger partial charge in [-0.1, -0.05) is 24.3 Å². The van der Waals surface area contributed by atoms with Crippen LogP contribution in [0.5, 0.6) is 0 Å². The van der Waals surface area contributed by atoms with Gasteiger partial charge in [0.05, 0.1) is 13.2 Å². The number of halogens is 1. The van der Waals surface area contributed by atoms with Gasteiger partial charge in [-0.25, -0.2) is 4.39 Å². The van der Waals surface area contributed by atoms with Gasteiger partial charge in [-0.3, -0.25) is 9.69 Å². The first-order valence-electron chi connectivity index (χ1n) is 9.06. The van der Waals surface area contributed by atoms with Gasteiger partial charge in [-0.05, 0) is 24.0 Å². The number of amides is 1. The minimum atomic E-state index is -1.55. The molecule has 0 aromatic heterocycles. The summed E-state index contributed by atoms with van der Waals surface area (Å²) in [6, 6.07) is 8.96. The third-order valence-electron chi connectivity index (χ3n) is 6.28. The highest BCUT2D eigenvalue weighted by Gasteiger charge is 2.57. The number of benzene rings is 1. The topological polar surface area (TPSA) is 32.8 Å². The molecule has 128 valence electrons. The van der Waals surface area contributed by atoms with Crippen LogP contribution in [-0.2, 0) is 9.53 Å². The summed E-state index contributed by atoms with van der Waals surface area (Å²) < 4.78 is 19.8. The maximum atomic E-state index is 14.3. The van der Waals surface area contributed by atoms with Gasteiger partial charge in [0.2, 0.25) is 0 Å². The van der Waals surface area contributed by atoms with Crippen molar-refractivity contribution in [3.05, 3.63) is 35.4 Å². The van der Waals surface area contributed by atoms with Crippen molar-refractivity contribution in [2.75, 3.05) is 39.4 Å². The Hall–Kier alpha value is -1.46. The standard InChI is InChI=1S/C19H23FN2O2/c20-19(5-6-19)18(23)22-11-15-13-3-1-2-4-14(13)17(16(15)12-22)21-7-9-24-10-8-21/h1-4,15-17H,5-12H2/t15-,16-,17-/m0/s1. The molecule has 3 fully saturated rings. The van der Waals surface area contributed by atoms with Crippen molar-refractivity contribution in [3.63, 3.8) is 0 Å². The second kappa shape index (κ2) is 5.27. The van der Waals surface area contributed by atoms with Crippen LogP contribution in [-0.4, -0.2) is 60.8 Å². The normalized spacial score (nSPS) is 34.0. The molecule has 0 spiro atoms. The minimum Gasteiger partial charge on any atom is -0.379 e. The predicted octanol–water partition coefficient (Wildman–Crippen LogP) is 2.12. The molecule has 0 N–H and O–H groups in total. The molecule has 1 aromatic carbocycles. The largest absolute Gasteiger partial charge is 0.379 e. The molecule has 1 saturated carbocycles. The average molecular weight is 330 g/mol. The van der Waals surface area contributed by atoms with Crippen molar-refractivity contribution in [3.8, 4) is 0 Å². The molecule has 1 aromatic rings. The summed E-state index contributed by atoms with van der Waals surface area (Å²) in [7, 11) is 0. The Bertz CT molecular complexity index is 669. The molecule has 5 heteroatoms. The van der Waals surface area contributed by atoms with E-state index in [1.807, 2.05) is 0 Å². The third kappa shape index (κ3) is 2.14. The summed E-state index contributed by atoms with van der Waals surface area (Å²) in [5.41, 5.74) is 1.22. The molecule has 2 aliphatic carbocycles. The third-order valence-corrected chi connectivity index (χ3v) is 6.28. The first kappa shape index (κ1) is 14.8. The van der Waals surface area contributed by atoms with E-state index in [0.717, 1.165) is 26.3 Å². The van der Waals surface area contributed by atoms with E-state index in [9.17, 15) is 9.18 Å². The van der Waals surface area contributed by atoms with Crippen LogP contribution in [0, 0.1) is 5.92 Å². The van der Waals surface area contributed by atoms with E-state index < -0.39 is 5.67 Å². The van der Waals surface area contributed by atoms with E-state index in [1.165, 1.54) is 11.1 Å². The van der Waals surface area contributed by atoms with Gasteiger partial charge < -0.3 is 9.64 Å². The number of hydrogen-bond donors (Lipinski definition) is 0. The molecular weight excluding hydrogens is 307 g/mol.